The lowest BCUT2D eigenvalue weighted by Gasteiger charge is -2.30. The van der Waals surface area contributed by atoms with Crippen molar-refractivity contribution in [1.82, 2.24) is 72.7 Å². The summed E-state index contributed by atoms with van der Waals surface area (Å²) in [6.45, 7) is 2.04. The number of H-pyrrole nitrogens is 3. The number of rotatable bonds is 33. The van der Waals surface area contributed by atoms with Crippen LogP contribution in [0.2, 0.25) is 0 Å². The molecule has 506 valence electrons. The van der Waals surface area contributed by atoms with Crippen molar-refractivity contribution in [2.75, 3.05) is 26.2 Å². The third-order valence-corrected chi connectivity index (χ3v) is 16.4. The van der Waals surface area contributed by atoms with Crippen molar-refractivity contribution in [2.24, 2.45) is 22.4 Å². The van der Waals surface area contributed by atoms with Gasteiger partial charge in [-0.1, -0.05) is 62.4 Å². The van der Waals surface area contributed by atoms with Crippen molar-refractivity contribution in [3.05, 3.63) is 120 Å². The highest BCUT2D eigenvalue weighted by Crippen LogP contribution is 2.24. The van der Waals surface area contributed by atoms with Gasteiger partial charge in [-0.3, -0.25) is 57.7 Å². The van der Waals surface area contributed by atoms with Crippen molar-refractivity contribution in [3.8, 4) is 5.75 Å². The van der Waals surface area contributed by atoms with E-state index in [9.17, 15) is 58.5 Å². The molecule has 2 fully saturated rings. The van der Waals surface area contributed by atoms with E-state index in [2.05, 4.69) is 72.8 Å². The molecule has 2 aliphatic rings. The van der Waals surface area contributed by atoms with Crippen LogP contribution in [0.1, 0.15) is 81.2 Å². The fourth-order valence-corrected chi connectivity index (χ4v) is 11.5. The minimum absolute atomic E-state index is 0.00786. The molecule has 0 aliphatic carbocycles. The first-order chi connectivity index (χ1) is 45.5. The number of carboxylic acid groups (broad SMARTS) is 1. The van der Waals surface area contributed by atoms with Gasteiger partial charge in [0.05, 0.1) is 12.9 Å². The van der Waals surface area contributed by atoms with E-state index in [1.807, 2.05) is 0 Å². The van der Waals surface area contributed by atoms with Crippen molar-refractivity contribution in [1.29, 1.82) is 0 Å². The summed E-state index contributed by atoms with van der Waals surface area (Å²) in [6.07, 6.45) is 6.35. The number of aliphatic carboxylic acids is 1. The molecule has 2 saturated heterocycles. The van der Waals surface area contributed by atoms with E-state index >= 15 is 9.59 Å². The molecular weight excluding hydrogens is 1230 g/mol. The number of phenols is 1. The summed E-state index contributed by atoms with van der Waals surface area (Å²) in [5.41, 5.74) is 14.5. The fraction of sp³-hybridized carbons (Fsp3) is 0.422. The molecule has 0 spiro atoms. The summed E-state index contributed by atoms with van der Waals surface area (Å²) in [4.78, 5) is 172. The number of fused-ring (bicyclic) bond motifs is 2. The Morgan fingerprint density at radius 2 is 1.19 bits per heavy atom. The van der Waals surface area contributed by atoms with Crippen LogP contribution in [-0.4, -0.2) is 192 Å². The number of aromatic amines is 3. The minimum Gasteiger partial charge on any atom is -0.508 e. The quantitative estimate of drug-likeness (QED) is 0.0124. The predicted molar refractivity (Wildman–Crippen MR) is 345 cm³/mol. The van der Waals surface area contributed by atoms with E-state index in [1.165, 1.54) is 41.7 Å². The number of guanidine groups is 1. The molecule has 0 saturated carbocycles. The number of imidazole rings is 1. The predicted octanol–water partition coefficient (Wildman–Crippen LogP) is -1.70. The van der Waals surface area contributed by atoms with E-state index in [4.69, 9.17) is 11.5 Å². The zero-order valence-corrected chi connectivity index (χ0v) is 52.4. The number of aromatic hydroxyl groups is 1. The summed E-state index contributed by atoms with van der Waals surface area (Å²) in [6, 6.07) is 7.61. The Morgan fingerprint density at radius 3 is 1.73 bits per heavy atom. The molecule has 31 heteroatoms. The molecule has 9 atom stereocenters. The van der Waals surface area contributed by atoms with E-state index in [1.54, 1.807) is 74.8 Å². The van der Waals surface area contributed by atoms with Gasteiger partial charge in [0, 0.05) is 91.3 Å². The number of nitrogens with two attached hydrogens (primary N) is 2. The topological polar surface area (TPSA) is 485 Å². The SMILES string of the molecule is CC(C)C[C@H](NC(=O)[C@@H](Cc1c[nH]c2ccccc12)NC(=O)[C@H](Cc1ccc(O)cc1)NC(=O)[C@H](CO)NC(=O)[C@H](Cc1c[nH]c2ccccc12)NC(=O)[C@H](Cc1cnc[nH]1)NC(=O)[C@@H]1CCC(=O)N1)C(=O)N[C@@H](CCCN=C(N)N)C(=O)N1CCC[C@H]1C(=O)NCC(=O)O. The van der Waals surface area contributed by atoms with Gasteiger partial charge in [-0.15, -0.1) is 0 Å². The van der Waals surface area contributed by atoms with Crippen LogP contribution >= 0.6 is 0 Å². The summed E-state index contributed by atoms with van der Waals surface area (Å²) in [5.74, 6) is -9.73. The summed E-state index contributed by atoms with van der Waals surface area (Å²) in [7, 11) is 0. The van der Waals surface area contributed by atoms with Gasteiger partial charge in [0.1, 0.15) is 66.7 Å². The zero-order valence-electron chi connectivity index (χ0n) is 52.4. The Kier molecular flexibility index (Phi) is 24.4. The maximum Gasteiger partial charge on any atom is 0.322 e. The van der Waals surface area contributed by atoms with Gasteiger partial charge in [-0.05, 0) is 85.4 Å². The summed E-state index contributed by atoms with van der Waals surface area (Å²) >= 11 is 0. The van der Waals surface area contributed by atoms with Gasteiger partial charge >= 0.3 is 5.97 Å². The van der Waals surface area contributed by atoms with Gasteiger partial charge in [0.15, 0.2) is 5.96 Å². The first-order valence-corrected chi connectivity index (χ1v) is 31.3. The maximum absolute atomic E-state index is 15.1. The number of carbonyl (C=O) groups excluding carboxylic acids is 10. The average molecular weight is 1310 g/mol. The van der Waals surface area contributed by atoms with Crippen LogP contribution in [0.4, 0.5) is 0 Å². The smallest absolute Gasteiger partial charge is 0.322 e. The van der Waals surface area contributed by atoms with Crippen molar-refractivity contribution in [2.45, 2.75) is 139 Å². The van der Waals surface area contributed by atoms with Crippen LogP contribution in [-0.2, 0) is 78.4 Å². The number of amides is 10. The molecule has 10 amide bonds. The second kappa shape index (κ2) is 33.1. The third-order valence-electron chi connectivity index (χ3n) is 16.4. The van der Waals surface area contributed by atoms with Crippen molar-refractivity contribution >= 4 is 92.8 Å². The Labute approximate surface area is 544 Å². The molecule has 0 unspecified atom stereocenters. The Bertz CT molecular complexity index is 3750. The normalized spacial score (nSPS) is 16.6. The standard InChI is InChI=1S/C64H81N17O14/c1-34(2)23-46(56(88)74-45(13-7-21-68-64(65)66)63(95)81-22-8-14-52(81)62(94)71-31-54(85)86)75-58(90)48(25-36-28-69-42-11-5-3-9-40(36)42)77-57(89)47(24-35-15-17-39(83)18-16-35)76-61(93)51(32-82)80-59(91)49(26-37-29-70-43-12-6-4-10-41(37)43)78-60(92)50(27-38-30-67-33-72-38)79-55(87)44-19-20-53(84)73-44/h3-6,9-12,15-18,28-30,33-34,44-52,69-70,82-83H,7-8,13-14,19-27,31-32H2,1-2H3,(H,67,72)(H,71,94)(H,73,84)(H,74,88)(H,75,90)(H,76,93)(H,77,89)(H,78,92)(H,79,87)(H,80,91)(H,85,86)(H4,65,66,68)/t44-,45-,46-,47-,48+,49-,50-,51-,52-/m0/s1. The molecule has 8 rings (SSSR count). The number of aromatic nitrogens is 4. The number of aliphatic hydroxyl groups excluding tert-OH is 1. The van der Waals surface area contributed by atoms with Gasteiger partial charge in [-0.2, -0.15) is 0 Å². The highest BCUT2D eigenvalue weighted by Gasteiger charge is 2.40. The molecule has 0 bridgehead atoms. The number of para-hydroxylation sites is 2. The number of carbonyl (C=O) groups is 11. The Morgan fingerprint density at radius 1 is 0.653 bits per heavy atom. The number of aliphatic imine (C=N–C) groups is 1. The molecule has 2 aliphatic heterocycles. The number of likely N-dealkylation sites (tertiary alicyclic amines) is 1. The van der Waals surface area contributed by atoms with E-state index in [-0.39, 0.29) is 101 Å². The van der Waals surface area contributed by atoms with Crippen LogP contribution in [0, 0.1) is 5.92 Å². The average Bonchev–Trinajstić information content (AvgIpc) is 1.81. The third kappa shape index (κ3) is 19.6. The largest absolute Gasteiger partial charge is 0.508 e. The lowest BCUT2D eigenvalue weighted by Crippen LogP contribution is -2.61. The highest BCUT2D eigenvalue weighted by molar-refractivity contribution is 6.00. The second-order valence-electron chi connectivity index (χ2n) is 23.9. The lowest BCUT2D eigenvalue weighted by molar-refractivity contribution is -0.143. The minimum atomic E-state index is -1.81. The number of carboxylic acids is 1. The number of hydrogen-bond acceptors (Lipinski definition) is 15. The molecule has 19 N–H and O–H groups in total. The van der Waals surface area contributed by atoms with E-state index in [0.29, 0.717) is 50.6 Å². The second-order valence-corrected chi connectivity index (χ2v) is 23.9. The van der Waals surface area contributed by atoms with Crippen LogP contribution in [0.5, 0.6) is 5.75 Å². The molecule has 3 aromatic heterocycles. The van der Waals surface area contributed by atoms with Crippen molar-refractivity contribution in [3.63, 3.8) is 0 Å². The van der Waals surface area contributed by atoms with Gasteiger partial charge < -0.3 is 94.5 Å². The van der Waals surface area contributed by atoms with Gasteiger partial charge in [0.25, 0.3) is 0 Å². The molecule has 95 heavy (non-hydrogen) atoms. The lowest BCUT2D eigenvalue weighted by atomic mass is 9.99. The molecule has 3 aromatic carbocycles. The molecule has 0 radical (unpaired) electrons. The van der Waals surface area contributed by atoms with Crippen molar-refractivity contribution < 1.29 is 68.1 Å². The van der Waals surface area contributed by atoms with Crippen LogP contribution in [0.3, 0.4) is 0 Å². The number of aliphatic hydroxyl groups is 1. The zero-order chi connectivity index (χ0) is 68.3. The van der Waals surface area contributed by atoms with Crippen LogP contribution in [0.25, 0.3) is 21.8 Å². The van der Waals surface area contributed by atoms with Gasteiger partial charge in [0.2, 0.25) is 59.1 Å². The molecular formula is C64H81N17O14. The first-order valence-electron chi connectivity index (χ1n) is 31.3. The molecule has 5 heterocycles. The summed E-state index contributed by atoms with van der Waals surface area (Å²) < 4.78 is 0. The number of nitrogens with zero attached hydrogens (tertiary/aromatic N) is 3. The number of hydrogen-bond donors (Lipinski definition) is 17. The fourth-order valence-electron chi connectivity index (χ4n) is 11.5. The number of benzene rings is 3. The monoisotopic (exact) mass is 1310 g/mol. The van der Waals surface area contributed by atoms with E-state index < -0.39 is 127 Å². The van der Waals surface area contributed by atoms with Crippen LogP contribution < -0.4 is 59.3 Å². The Balaban J connectivity index is 1.05. The summed E-state index contributed by atoms with van der Waals surface area (Å²) in [5, 5.41) is 55.5. The highest BCUT2D eigenvalue weighted by atomic mass is 16.4. The van der Waals surface area contributed by atoms with Crippen LogP contribution in [0.15, 0.2) is 103 Å². The van der Waals surface area contributed by atoms with Gasteiger partial charge in [-0.25, -0.2) is 4.98 Å². The number of phenolic OH excluding ortho intramolecular Hbond substituents is 1. The molecule has 6 aromatic rings. The van der Waals surface area contributed by atoms with E-state index in [0.717, 1.165) is 0 Å². The first kappa shape index (κ1) is 70.0. The Hall–Kier alpha value is -10.8. The number of nitrogens with one attached hydrogen (secondary N) is 12. The molecule has 31 nitrogen and oxygen atoms in total. The maximum atomic E-state index is 15.1.